The number of esters is 4. The van der Waals surface area contributed by atoms with Gasteiger partial charge in [-0.05, 0) is 49.4 Å². The molecule has 576 valence electrons. The zero-order chi connectivity index (χ0) is 71.7. The van der Waals surface area contributed by atoms with Gasteiger partial charge in [0, 0.05) is 25.7 Å². The number of carbonyl (C=O) groups is 4. The molecule has 97 heavy (non-hydrogen) atoms. The van der Waals surface area contributed by atoms with Crippen LogP contribution in [-0.4, -0.2) is 96.7 Å². The molecule has 0 aromatic rings. The molecule has 19 heteroatoms. The standard InChI is InChI=1S/C78H152O17P2/c1-68(2)54-46-38-30-25-21-17-13-11-9-10-12-14-19-23-27-33-42-50-58-75(80)88-64-73(94-77(82)60-52-44-34-28-24-20-16-15-18-22-26-31-39-47-55-69(3)4)66-92-96(84,85)90-62-72(79)63-91-97(86,87)93-67-74(95-78(83)61-53-45-37-36-41-49-57-71(7)8)65-89-76(81)59-51-43-35-29-32-40-48-56-70(5)6/h68-74,79H,9-67H2,1-8H3,(H,84,85)(H,86,87)/t72?,73-,74-/m1/s1. The molecule has 0 aliphatic carbocycles. The quantitative estimate of drug-likeness (QED) is 0.0222. The average molecular weight is 1420 g/mol. The number of phosphoric ester groups is 2. The summed E-state index contributed by atoms with van der Waals surface area (Å²) in [6, 6.07) is 0. The maximum Gasteiger partial charge on any atom is 0.472 e. The van der Waals surface area contributed by atoms with Gasteiger partial charge in [-0.2, -0.15) is 0 Å². The number of unbranched alkanes of at least 4 members (excludes halogenated alkanes) is 41. The molecule has 0 spiro atoms. The third-order valence-corrected chi connectivity index (χ3v) is 20.0. The Kier molecular flexibility index (Phi) is 65.9. The Bertz CT molecular complexity index is 1900. The van der Waals surface area contributed by atoms with Gasteiger partial charge in [0.15, 0.2) is 12.2 Å². The average Bonchev–Trinajstić information content (AvgIpc) is 1.58. The van der Waals surface area contributed by atoms with Crippen molar-refractivity contribution < 1.29 is 80.2 Å². The lowest BCUT2D eigenvalue weighted by Crippen LogP contribution is -2.30. The molecular weight excluding hydrogens is 1270 g/mol. The minimum absolute atomic E-state index is 0.101. The number of aliphatic hydroxyl groups excluding tert-OH is 1. The third-order valence-electron chi connectivity index (χ3n) is 18.1. The maximum atomic E-state index is 13.1. The maximum absolute atomic E-state index is 13.1. The number of rotatable bonds is 75. The second-order valence-corrected chi connectivity index (χ2v) is 32.9. The molecule has 0 amide bonds. The number of aliphatic hydroxyl groups is 1. The first kappa shape index (κ1) is 95.1. The van der Waals surface area contributed by atoms with Gasteiger partial charge in [-0.3, -0.25) is 37.3 Å². The van der Waals surface area contributed by atoms with Crippen molar-refractivity contribution in [3.63, 3.8) is 0 Å². The number of hydrogen-bond donors (Lipinski definition) is 3. The summed E-state index contributed by atoms with van der Waals surface area (Å²) in [5.74, 6) is 0.868. The molecule has 0 heterocycles. The molecule has 0 saturated heterocycles. The molecule has 0 radical (unpaired) electrons. The molecule has 0 aliphatic heterocycles. The normalized spacial score (nSPS) is 14.1. The molecule has 0 bridgehead atoms. The van der Waals surface area contributed by atoms with Gasteiger partial charge >= 0.3 is 39.5 Å². The fraction of sp³-hybridized carbons (Fsp3) is 0.949. The van der Waals surface area contributed by atoms with Crippen LogP contribution in [-0.2, 0) is 65.4 Å². The summed E-state index contributed by atoms with van der Waals surface area (Å²) in [5.41, 5.74) is 0. The number of ether oxygens (including phenoxy) is 4. The topological polar surface area (TPSA) is 237 Å². The van der Waals surface area contributed by atoms with Crippen LogP contribution < -0.4 is 0 Å². The monoisotopic (exact) mass is 1420 g/mol. The van der Waals surface area contributed by atoms with Crippen molar-refractivity contribution in [3.05, 3.63) is 0 Å². The van der Waals surface area contributed by atoms with E-state index in [0.717, 1.165) is 108 Å². The predicted octanol–water partition coefficient (Wildman–Crippen LogP) is 22.8. The fourth-order valence-corrected chi connectivity index (χ4v) is 13.5. The summed E-state index contributed by atoms with van der Waals surface area (Å²) < 4.78 is 68.5. The zero-order valence-corrected chi connectivity index (χ0v) is 65.5. The van der Waals surface area contributed by atoms with Crippen LogP contribution in [0.3, 0.4) is 0 Å². The van der Waals surface area contributed by atoms with Crippen LogP contribution >= 0.6 is 15.6 Å². The molecule has 5 atom stereocenters. The third kappa shape index (κ3) is 72.2. The number of phosphoric acid groups is 2. The summed E-state index contributed by atoms with van der Waals surface area (Å²) in [5, 5.41) is 10.6. The van der Waals surface area contributed by atoms with Crippen LogP contribution in [0.2, 0.25) is 0 Å². The van der Waals surface area contributed by atoms with E-state index in [1.165, 1.54) is 193 Å². The Hall–Kier alpha value is -1.94. The lowest BCUT2D eigenvalue weighted by Gasteiger charge is -2.21. The van der Waals surface area contributed by atoms with Crippen molar-refractivity contribution in [2.24, 2.45) is 23.7 Å². The van der Waals surface area contributed by atoms with Crippen LogP contribution in [0.5, 0.6) is 0 Å². The SMILES string of the molecule is CC(C)CCCCCCCCCCCCCCCCCCCCC(=O)OC[C@H](COP(=O)(O)OCC(O)COP(=O)(O)OC[C@@H](COC(=O)CCCCCCCCCC(C)C)OC(=O)CCCCCCCCC(C)C)OC(=O)CCCCCCCCCCCCCCCCC(C)C. The van der Waals surface area contributed by atoms with Gasteiger partial charge in [0.2, 0.25) is 0 Å². The van der Waals surface area contributed by atoms with Crippen LogP contribution in [0.1, 0.15) is 396 Å². The minimum atomic E-state index is -4.96. The summed E-state index contributed by atoms with van der Waals surface area (Å²) in [6.07, 6.45) is 53.2. The molecule has 0 rings (SSSR count). The van der Waals surface area contributed by atoms with Crippen molar-refractivity contribution in [2.75, 3.05) is 39.6 Å². The molecule has 0 aliphatic rings. The summed E-state index contributed by atoms with van der Waals surface area (Å²) in [4.78, 5) is 72.8. The van der Waals surface area contributed by atoms with Crippen molar-refractivity contribution in [1.29, 1.82) is 0 Å². The van der Waals surface area contributed by atoms with Crippen LogP contribution in [0.4, 0.5) is 0 Å². The van der Waals surface area contributed by atoms with E-state index in [9.17, 15) is 43.2 Å². The molecular formula is C78H152O17P2. The van der Waals surface area contributed by atoms with Crippen LogP contribution in [0.25, 0.3) is 0 Å². The van der Waals surface area contributed by atoms with E-state index in [4.69, 9.17) is 37.0 Å². The summed E-state index contributed by atoms with van der Waals surface area (Å²) in [6.45, 7) is 14.1. The van der Waals surface area contributed by atoms with Crippen LogP contribution in [0, 0.1) is 23.7 Å². The predicted molar refractivity (Wildman–Crippen MR) is 395 cm³/mol. The summed E-state index contributed by atoms with van der Waals surface area (Å²) >= 11 is 0. The highest BCUT2D eigenvalue weighted by atomic mass is 31.2. The van der Waals surface area contributed by atoms with Crippen molar-refractivity contribution in [2.45, 2.75) is 414 Å². The highest BCUT2D eigenvalue weighted by molar-refractivity contribution is 7.47. The van der Waals surface area contributed by atoms with E-state index < -0.39 is 97.5 Å². The zero-order valence-electron chi connectivity index (χ0n) is 63.7. The van der Waals surface area contributed by atoms with Gasteiger partial charge in [0.05, 0.1) is 26.4 Å². The van der Waals surface area contributed by atoms with Gasteiger partial charge in [0.25, 0.3) is 0 Å². The summed E-state index contributed by atoms with van der Waals surface area (Å²) in [7, 11) is -9.91. The van der Waals surface area contributed by atoms with Crippen LogP contribution in [0.15, 0.2) is 0 Å². The Balaban J connectivity index is 5.18. The van der Waals surface area contributed by atoms with E-state index in [2.05, 4.69) is 55.4 Å². The minimum Gasteiger partial charge on any atom is -0.462 e. The van der Waals surface area contributed by atoms with E-state index in [-0.39, 0.29) is 25.7 Å². The first-order valence-corrected chi connectivity index (χ1v) is 43.2. The van der Waals surface area contributed by atoms with Gasteiger partial charge in [-0.1, -0.05) is 344 Å². The van der Waals surface area contributed by atoms with E-state index in [0.29, 0.717) is 37.5 Å². The van der Waals surface area contributed by atoms with Gasteiger partial charge < -0.3 is 33.8 Å². The number of hydrogen-bond acceptors (Lipinski definition) is 15. The second kappa shape index (κ2) is 67.2. The molecule has 3 unspecified atom stereocenters. The van der Waals surface area contributed by atoms with E-state index in [1.807, 2.05) is 0 Å². The van der Waals surface area contributed by atoms with E-state index in [1.54, 1.807) is 0 Å². The Morgan fingerprint density at radius 1 is 0.258 bits per heavy atom. The highest BCUT2D eigenvalue weighted by Gasteiger charge is 2.30. The second-order valence-electron chi connectivity index (χ2n) is 30.0. The van der Waals surface area contributed by atoms with Crippen molar-refractivity contribution in [3.8, 4) is 0 Å². The Morgan fingerprint density at radius 3 is 0.639 bits per heavy atom. The molecule has 17 nitrogen and oxygen atoms in total. The molecule has 0 aromatic heterocycles. The van der Waals surface area contributed by atoms with Gasteiger partial charge in [-0.15, -0.1) is 0 Å². The molecule has 0 saturated carbocycles. The fourth-order valence-electron chi connectivity index (χ4n) is 11.9. The molecule has 0 fully saturated rings. The van der Waals surface area contributed by atoms with Crippen molar-refractivity contribution >= 4 is 39.5 Å². The lowest BCUT2D eigenvalue weighted by atomic mass is 10.0. The Morgan fingerprint density at radius 2 is 0.433 bits per heavy atom. The van der Waals surface area contributed by atoms with Gasteiger partial charge in [0.1, 0.15) is 19.3 Å². The number of carbonyl (C=O) groups excluding carboxylic acids is 4. The Labute approximate surface area is 594 Å². The molecule has 0 aromatic carbocycles. The molecule has 3 N–H and O–H groups in total. The van der Waals surface area contributed by atoms with Crippen molar-refractivity contribution in [1.82, 2.24) is 0 Å². The smallest absolute Gasteiger partial charge is 0.462 e. The lowest BCUT2D eigenvalue weighted by molar-refractivity contribution is -0.161. The van der Waals surface area contributed by atoms with E-state index >= 15 is 0 Å². The highest BCUT2D eigenvalue weighted by Crippen LogP contribution is 2.45. The van der Waals surface area contributed by atoms with Gasteiger partial charge in [-0.25, -0.2) is 9.13 Å². The largest absolute Gasteiger partial charge is 0.472 e. The first-order valence-electron chi connectivity index (χ1n) is 40.2. The first-order chi connectivity index (χ1) is 46.6.